The molecule has 1 unspecified atom stereocenters. The molecule has 1 aliphatic rings. The van der Waals surface area contributed by atoms with Crippen molar-refractivity contribution in [1.29, 1.82) is 0 Å². The molecule has 0 amide bonds. The molecule has 0 aromatic carbocycles. The van der Waals surface area contributed by atoms with Gasteiger partial charge in [0.1, 0.15) is 0 Å². The van der Waals surface area contributed by atoms with E-state index < -0.39 is 0 Å². The van der Waals surface area contributed by atoms with Gasteiger partial charge in [-0.05, 0) is 18.3 Å². The molecule has 0 heterocycles. The zero-order chi connectivity index (χ0) is 6.91. The standard InChI is InChI=1S/C8H17N.ClH/c1-8(2)6-4-3-5-7(8)9;/h7H,3-6,9H2,1-2H3;1H. The van der Waals surface area contributed by atoms with E-state index in [9.17, 15) is 0 Å². The van der Waals surface area contributed by atoms with Gasteiger partial charge >= 0.3 is 0 Å². The highest BCUT2D eigenvalue weighted by atomic mass is 35.5. The van der Waals surface area contributed by atoms with Gasteiger partial charge in [0.2, 0.25) is 0 Å². The van der Waals surface area contributed by atoms with Crippen LogP contribution in [0.3, 0.4) is 0 Å². The second-order valence-corrected chi connectivity index (χ2v) is 3.84. The Morgan fingerprint density at radius 3 is 2.20 bits per heavy atom. The zero-order valence-electron chi connectivity index (χ0n) is 6.89. The van der Waals surface area contributed by atoms with E-state index in [1.54, 1.807) is 0 Å². The molecule has 2 N–H and O–H groups in total. The van der Waals surface area contributed by atoms with E-state index in [0.717, 1.165) is 0 Å². The highest BCUT2D eigenvalue weighted by molar-refractivity contribution is 5.85. The number of nitrogens with two attached hydrogens (primary N) is 1. The Bertz CT molecular complexity index is 101. The summed E-state index contributed by atoms with van der Waals surface area (Å²) >= 11 is 0. The first-order valence-corrected chi connectivity index (χ1v) is 3.88. The normalized spacial score (nSPS) is 30.9. The molecule has 0 spiro atoms. The van der Waals surface area contributed by atoms with Crippen LogP contribution in [0.1, 0.15) is 39.5 Å². The fourth-order valence-corrected chi connectivity index (χ4v) is 1.52. The summed E-state index contributed by atoms with van der Waals surface area (Å²) in [7, 11) is 0. The summed E-state index contributed by atoms with van der Waals surface area (Å²) in [4.78, 5) is 0. The van der Waals surface area contributed by atoms with Crippen molar-refractivity contribution >= 4 is 12.4 Å². The van der Waals surface area contributed by atoms with Crippen LogP contribution >= 0.6 is 12.4 Å². The first-order chi connectivity index (χ1) is 4.13. The van der Waals surface area contributed by atoms with Gasteiger partial charge in [-0.15, -0.1) is 12.4 Å². The molecule has 10 heavy (non-hydrogen) atoms. The van der Waals surface area contributed by atoms with Gasteiger partial charge in [-0.2, -0.15) is 0 Å². The van der Waals surface area contributed by atoms with Gasteiger partial charge in [0.15, 0.2) is 0 Å². The molecule has 0 aromatic heterocycles. The van der Waals surface area contributed by atoms with Gasteiger partial charge in [0.05, 0.1) is 0 Å². The van der Waals surface area contributed by atoms with Crippen LogP contribution < -0.4 is 5.73 Å². The lowest BCUT2D eigenvalue weighted by molar-refractivity contribution is 0.202. The largest absolute Gasteiger partial charge is 0.327 e. The highest BCUT2D eigenvalue weighted by Gasteiger charge is 2.28. The van der Waals surface area contributed by atoms with Crippen LogP contribution in [0.2, 0.25) is 0 Å². The molecule has 2 heteroatoms. The maximum Gasteiger partial charge on any atom is 0.00902 e. The van der Waals surface area contributed by atoms with Gasteiger partial charge in [0.25, 0.3) is 0 Å². The van der Waals surface area contributed by atoms with Crippen LogP contribution in [0, 0.1) is 5.41 Å². The van der Waals surface area contributed by atoms with E-state index in [1.165, 1.54) is 25.7 Å². The molecule has 1 aliphatic carbocycles. The van der Waals surface area contributed by atoms with Crippen LogP contribution in [-0.2, 0) is 0 Å². The average Bonchev–Trinajstić information content (AvgIpc) is 1.77. The van der Waals surface area contributed by atoms with Crippen molar-refractivity contribution in [3.63, 3.8) is 0 Å². The Morgan fingerprint density at radius 2 is 1.90 bits per heavy atom. The molecule has 0 aromatic rings. The molecule has 0 bridgehead atoms. The van der Waals surface area contributed by atoms with E-state index in [1.807, 2.05) is 0 Å². The van der Waals surface area contributed by atoms with E-state index in [-0.39, 0.29) is 12.4 Å². The molecule has 1 fully saturated rings. The quantitative estimate of drug-likeness (QED) is 0.583. The zero-order valence-corrected chi connectivity index (χ0v) is 7.71. The first kappa shape index (κ1) is 10.2. The van der Waals surface area contributed by atoms with Crippen LogP contribution in [0.5, 0.6) is 0 Å². The Balaban J connectivity index is 0.000000810. The molecule has 1 rings (SSSR count). The smallest absolute Gasteiger partial charge is 0.00902 e. The van der Waals surface area contributed by atoms with Crippen molar-refractivity contribution in [3.05, 3.63) is 0 Å². The van der Waals surface area contributed by atoms with Gasteiger partial charge in [-0.3, -0.25) is 0 Å². The third-order valence-corrected chi connectivity index (χ3v) is 2.59. The van der Waals surface area contributed by atoms with Crippen LogP contribution in [0.15, 0.2) is 0 Å². The number of hydrogen-bond donors (Lipinski definition) is 1. The molecule has 62 valence electrons. The van der Waals surface area contributed by atoms with E-state index >= 15 is 0 Å². The van der Waals surface area contributed by atoms with Crippen LogP contribution in [0.25, 0.3) is 0 Å². The Kier molecular flexibility index (Phi) is 3.68. The molecular formula is C8H18ClN. The molecule has 0 radical (unpaired) electrons. The Labute approximate surface area is 69.8 Å². The fraction of sp³-hybridized carbons (Fsp3) is 1.00. The summed E-state index contributed by atoms with van der Waals surface area (Å²) in [5, 5.41) is 0. The second kappa shape index (κ2) is 3.59. The highest BCUT2D eigenvalue weighted by Crippen LogP contribution is 2.33. The first-order valence-electron chi connectivity index (χ1n) is 3.88. The monoisotopic (exact) mass is 163 g/mol. The van der Waals surface area contributed by atoms with Crippen molar-refractivity contribution in [1.82, 2.24) is 0 Å². The van der Waals surface area contributed by atoms with Crippen molar-refractivity contribution in [2.24, 2.45) is 11.1 Å². The predicted octanol–water partition coefficient (Wildman–Crippen LogP) is 2.34. The summed E-state index contributed by atoms with van der Waals surface area (Å²) in [6.07, 6.45) is 5.26. The van der Waals surface area contributed by atoms with Crippen LogP contribution in [0.4, 0.5) is 0 Å². The molecule has 0 aliphatic heterocycles. The predicted molar refractivity (Wildman–Crippen MR) is 47.5 cm³/mol. The number of hydrogen-bond acceptors (Lipinski definition) is 1. The lowest BCUT2D eigenvalue weighted by atomic mass is 9.74. The van der Waals surface area contributed by atoms with E-state index in [4.69, 9.17) is 5.73 Å². The number of rotatable bonds is 0. The number of halogens is 1. The third kappa shape index (κ3) is 2.14. The lowest BCUT2D eigenvalue weighted by Crippen LogP contribution is -2.39. The summed E-state index contributed by atoms with van der Waals surface area (Å²) in [6, 6.07) is 0.450. The summed E-state index contributed by atoms with van der Waals surface area (Å²) in [5.41, 5.74) is 6.33. The fourth-order valence-electron chi connectivity index (χ4n) is 1.52. The third-order valence-electron chi connectivity index (χ3n) is 2.59. The minimum absolute atomic E-state index is 0. The lowest BCUT2D eigenvalue weighted by Gasteiger charge is -2.35. The summed E-state index contributed by atoms with van der Waals surface area (Å²) in [6.45, 7) is 4.55. The molecule has 1 nitrogen and oxygen atoms in total. The van der Waals surface area contributed by atoms with Crippen LogP contribution in [-0.4, -0.2) is 6.04 Å². The maximum atomic E-state index is 5.91. The molecule has 0 saturated heterocycles. The summed E-state index contributed by atoms with van der Waals surface area (Å²) < 4.78 is 0. The minimum Gasteiger partial charge on any atom is -0.327 e. The topological polar surface area (TPSA) is 26.0 Å². The second-order valence-electron chi connectivity index (χ2n) is 3.84. The minimum atomic E-state index is 0. The maximum absolute atomic E-state index is 5.91. The van der Waals surface area contributed by atoms with Crippen molar-refractivity contribution < 1.29 is 0 Å². The van der Waals surface area contributed by atoms with E-state index in [0.29, 0.717) is 11.5 Å². The molecule has 1 saturated carbocycles. The van der Waals surface area contributed by atoms with Crippen molar-refractivity contribution in [2.75, 3.05) is 0 Å². The molecule has 1 atom stereocenters. The van der Waals surface area contributed by atoms with Gasteiger partial charge in [0, 0.05) is 6.04 Å². The summed E-state index contributed by atoms with van der Waals surface area (Å²) in [5.74, 6) is 0. The van der Waals surface area contributed by atoms with E-state index in [2.05, 4.69) is 13.8 Å². The van der Waals surface area contributed by atoms with Crippen molar-refractivity contribution in [2.45, 2.75) is 45.6 Å². The molecular weight excluding hydrogens is 146 g/mol. The Hall–Kier alpha value is 0.250. The SMILES string of the molecule is CC1(C)CCCCC1N.Cl. The average molecular weight is 164 g/mol. The van der Waals surface area contributed by atoms with Gasteiger partial charge in [-0.25, -0.2) is 0 Å². The Morgan fingerprint density at radius 1 is 1.30 bits per heavy atom. The van der Waals surface area contributed by atoms with Crippen molar-refractivity contribution in [3.8, 4) is 0 Å². The van der Waals surface area contributed by atoms with Gasteiger partial charge in [-0.1, -0.05) is 26.7 Å². The van der Waals surface area contributed by atoms with Gasteiger partial charge < -0.3 is 5.73 Å².